The molecule has 0 aromatic rings. The van der Waals surface area contributed by atoms with E-state index in [9.17, 15) is 8.42 Å². The lowest BCUT2D eigenvalue weighted by atomic mass is 10.8. The van der Waals surface area contributed by atoms with Crippen molar-refractivity contribution in [2.45, 2.75) is 0 Å². The van der Waals surface area contributed by atoms with Crippen LogP contribution in [0.15, 0.2) is 0 Å². The Bertz CT molecular complexity index is 139. The third-order valence-electron chi connectivity index (χ3n) is 0.531. The fourth-order valence-corrected chi connectivity index (χ4v) is 0.604. The van der Waals surface area contributed by atoms with Gasteiger partial charge in [0.1, 0.15) is 0 Å². The Morgan fingerprint density at radius 2 is 2.00 bits per heavy atom. The van der Waals surface area contributed by atoms with E-state index in [4.69, 9.17) is 5.84 Å². The van der Waals surface area contributed by atoms with Gasteiger partial charge in [0, 0.05) is 6.54 Å². The Labute approximate surface area is 48.1 Å². The van der Waals surface area contributed by atoms with Gasteiger partial charge in [0.25, 0.3) is 0 Å². The number of hydrogen-bond acceptors (Lipinski definition) is 4. The molecule has 0 aromatic carbocycles. The Kier molecular flexibility index (Phi) is 2.91. The highest BCUT2D eigenvalue weighted by Crippen LogP contribution is 1.70. The molecule has 5 nitrogen and oxygen atoms in total. The molecule has 0 aliphatic carbocycles. The van der Waals surface area contributed by atoms with Gasteiger partial charge >= 0.3 is 0 Å². The first-order chi connectivity index (χ1) is 3.56. The summed E-state index contributed by atoms with van der Waals surface area (Å²) in [6, 6.07) is 0. The van der Waals surface area contributed by atoms with E-state index in [0.717, 1.165) is 0 Å². The van der Waals surface area contributed by atoms with Crippen LogP contribution in [0.4, 0.5) is 0 Å². The van der Waals surface area contributed by atoms with E-state index in [-0.39, 0.29) is 12.3 Å². The van der Waals surface area contributed by atoms with Crippen molar-refractivity contribution in [2.24, 2.45) is 11.0 Å². The normalized spacial score (nSPS) is 11.8. The van der Waals surface area contributed by atoms with Gasteiger partial charge in [-0.1, -0.05) is 0 Å². The van der Waals surface area contributed by atoms with Crippen molar-refractivity contribution >= 4 is 10.0 Å². The van der Waals surface area contributed by atoms with Gasteiger partial charge in [0.15, 0.2) is 0 Å². The highest BCUT2D eigenvalue weighted by Gasteiger charge is 1.98. The zero-order valence-electron chi connectivity index (χ0n) is 4.29. The number of sulfonamides is 1. The van der Waals surface area contributed by atoms with Gasteiger partial charge < -0.3 is 0 Å². The minimum Gasteiger partial charge on any atom is -0.271 e. The first kappa shape index (κ1) is 7.83. The van der Waals surface area contributed by atoms with Crippen LogP contribution in [-0.4, -0.2) is 20.7 Å². The summed E-state index contributed by atoms with van der Waals surface area (Å²) in [7, 11) is -3.33. The molecule has 0 bridgehead atoms. The highest BCUT2D eigenvalue weighted by atomic mass is 32.2. The summed E-state index contributed by atoms with van der Waals surface area (Å²) in [5.74, 6) is 4.64. The van der Waals surface area contributed by atoms with Crippen molar-refractivity contribution < 1.29 is 8.42 Å². The summed E-state index contributed by atoms with van der Waals surface area (Å²) < 4.78 is 20.1. The number of nitrogens with one attached hydrogen (secondary N) is 1. The molecule has 0 radical (unpaired) electrons. The van der Waals surface area contributed by atoms with E-state index >= 15 is 0 Å². The molecule has 6 heteroatoms. The van der Waals surface area contributed by atoms with Gasteiger partial charge in [0.2, 0.25) is 10.0 Å². The van der Waals surface area contributed by atoms with Gasteiger partial charge in [0.05, 0.1) is 5.75 Å². The molecule has 5 N–H and O–H groups in total. The second-order valence-corrected chi connectivity index (χ2v) is 3.06. The van der Waals surface area contributed by atoms with Gasteiger partial charge in [-0.15, -0.1) is 0 Å². The Balaban J connectivity index is 3.42. The average molecular weight is 139 g/mol. The van der Waals surface area contributed by atoms with E-state index in [1.807, 2.05) is 0 Å². The van der Waals surface area contributed by atoms with E-state index in [1.165, 1.54) is 0 Å². The van der Waals surface area contributed by atoms with Crippen LogP contribution < -0.4 is 16.4 Å². The van der Waals surface area contributed by atoms with Crippen molar-refractivity contribution in [3.8, 4) is 0 Å². The van der Waals surface area contributed by atoms with Crippen LogP contribution >= 0.6 is 0 Å². The Morgan fingerprint density at radius 1 is 1.50 bits per heavy atom. The molecule has 0 aromatic heterocycles. The fourth-order valence-electron chi connectivity index (χ4n) is 0.201. The Morgan fingerprint density at radius 3 is 2.12 bits per heavy atom. The van der Waals surface area contributed by atoms with E-state index in [1.54, 1.807) is 0 Å². The third kappa shape index (κ3) is 5.83. The molecule has 0 spiro atoms. The molecule has 0 aliphatic heterocycles. The fraction of sp³-hybridized carbons (Fsp3) is 1.00. The maximum Gasteiger partial charge on any atom is 0.210 e. The van der Waals surface area contributed by atoms with Gasteiger partial charge in [-0.3, -0.25) is 11.3 Å². The maximum atomic E-state index is 10.1. The van der Waals surface area contributed by atoms with Crippen LogP contribution in [0, 0.1) is 0 Å². The van der Waals surface area contributed by atoms with Crippen LogP contribution in [0.3, 0.4) is 0 Å². The molecular formula is C2H9N3O2S. The zero-order chi connectivity index (χ0) is 6.62. The maximum absolute atomic E-state index is 10.1. The minimum absolute atomic E-state index is 0.122. The summed E-state index contributed by atoms with van der Waals surface area (Å²) in [5.41, 5.74) is 2.17. The molecule has 0 amide bonds. The smallest absolute Gasteiger partial charge is 0.210 e. The van der Waals surface area contributed by atoms with Crippen molar-refractivity contribution in [2.75, 3.05) is 12.3 Å². The van der Waals surface area contributed by atoms with E-state index < -0.39 is 10.0 Å². The van der Waals surface area contributed by atoms with Crippen molar-refractivity contribution in [1.29, 1.82) is 0 Å². The molecule has 0 unspecified atom stereocenters. The number of hydrazine groups is 1. The van der Waals surface area contributed by atoms with Crippen molar-refractivity contribution in [1.82, 2.24) is 5.43 Å². The quantitative estimate of drug-likeness (QED) is 0.303. The molecular weight excluding hydrogens is 130 g/mol. The first-order valence-corrected chi connectivity index (χ1v) is 3.72. The molecule has 50 valence electrons. The van der Waals surface area contributed by atoms with Crippen LogP contribution in [0.5, 0.6) is 0 Å². The molecule has 0 fully saturated rings. The number of nitrogens with two attached hydrogens (primary N) is 2. The van der Waals surface area contributed by atoms with Gasteiger partial charge in [-0.05, 0) is 0 Å². The molecule has 0 rings (SSSR count). The minimum atomic E-state index is -3.33. The van der Waals surface area contributed by atoms with Crippen LogP contribution in [-0.2, 0) is 10.0 Å². The number of rotatable bonds is 3. The largest absolute Gasteiger partial charge is 0.271 e. The summed E-state index contributed by atoms with van der Waals surface area (Å²) in [5, 5.41) is 4.60. The van der Waals surface area contributed by atoms with E-state index in [0.29, 0.717) is 0 Å². The lowest BCUT2D eigenvalue weighted by molar-refractivity contribution is 0.594. The second kappa shape index (κ2) is 2.98. The topological polar surface area (TPSA) is 98.2 Å². The van der Waals surface area contributed by atoms with Crippen LogP contribution in [0.1, 0.15) is 0 Å². The SMILES string of the molecule is NNCCS(N)(=O)=O. The standard InChI is InChI=1S/C2H9N3O2S/c3-5-1-2-8(4,6)7/h5H,1-3H2,(H2,4,6,7). The Hall–Kier alpha value is -0.170. The lowest BCUT2D eigenvalue weighted by Gasteiger charge is -1.93. The van der Waals surface area contributed by atoms with Gasteiger partial charge in [-0.25, -0.2) is 13.6 Å². The molecule has 0 atom stereocenters. The second-order valence-electron chi connectivity index (χ2n) is 1.32. The first-order valence-electron chi connectivity index (χ1n) is 2.00. The van der Waals surface area contributed by atoms with E-state index in [2.05, 4.69) is 10.6 Å². The number of hydrogen-bond donors (Lipinski definition) is 3. The van der Waals surface area contributed by atoms with Gasteiger partial charge in [-0.2, -0.15) is 0 Å². The molecule has 0 saturated carbocycles. The summed E-state index contributed by atoms with van der Waals surface area (Å²) in [6.45, 7) is 0.193. The molecule has 8 heavy (non-hydrogen) atoms. The predicted octanol–water partition coefficient (Wildman–Crippen LogP) is -2.26. The highest BCUT2D eigenvalue weighted by molar-refractivity contribution is 7.89. The zero-order valence-corrected chi connectivity index (χ0v) is 5.11. The van der Waals surface area contributed by atoms with Crippen LogP contribution in [0.2, 0.25) is 0 Å². The monoisotopic (exact) mass is 139 g/mol. The summed E-state index contributed by atoms with van der Waals surface area (Å²) in [6.07, 6.45) is 0. The predicted molar refractivity (Wildman–Crippen MR) is 30.2 cm³/mol. The molecule has 0 aliphatic rings. The van der Waals surface area contributed by atoms with Crippen molar-refractivity contribution in [3.05, 3.63) is 0 Å². The van der Waals surface area contributed by atoms with Crippen LogP contribution in [0.25, 0.3) is 0 Å². The molecule has 0 heterocycles. The molecule has 0 saturated heterocycles. The lowest BCUT2D eigenvalue weighted by Crippen LogP contribution is -2.31. The summed E-state index contributed by atoms with van der Waals surface area (Å²) >= 11 is 0. The summed E-state index contributed by atoms with van der Waals surface area (Å²) in [4.78, 5) is 0. The average Bonchev–Trinajstić information content (AvgIpc) is 1.59. The van der Waals surface area contributed by atoms with Crippen molar-refractivity contribution in [3.63, 3.8) is 0 Å². The number of primary sulfonamides is 1. The third-order valence-corrected chi connectivity index (χ3v) is 1.30.